The van der Waals surface area contributed by atoms with E-state index in [1.165, 1.54) is 19.3 Å². The maximum atomic E-state index is 13.8. The van der Waals surface area contributed by atoms with Gasteiger partial charge < -0.3 is 29.9 Å². The fraction of sp³-hybridized carbons (Fsp3) is 0.727. The van der Waals surface area contributed by atoms with Gasteiger partial charge in [0.2, 0.25) is 5.91 Å². The number of likely N-dealkylation sites (tertiary alicyclic amines) is 1. The van der Waals surface area contributed by atoms with Gasteiger partial charge in [0, 0.05) is 58.8 Å². The third-order valence-electron chi connectivity index (χ3n) is 9.22. The largest absolute Gasteiger partial charge is 0.450 e. The molecule has 44 heavy (non-hydrogen) atoms. The Balaban J connectivity index is 1.71. The van der Waals surface area contributed by atoms with E-state index < -0.39 is 13.7 Å². The predicted molar refractivity (Wildman–Crippen MR) is 179 cm³/mol. The number of benzene rings is 1. The van der Waals surface area contributed by atoms with Gasteiger partial charge in [0.1, 0.15) is 6.61 Å². The highest BCUT2D eigenvalue weighted by Gasteiger charge is 2.41. The lowest BCUT2D eigenvalue weighted by molar-refractivity contribution is -0.140. The van der Waals surface area contributed by atoms with Gasteiger partial charge in [-0.25, -0.2) is 9.59 Å². The number of ether oxygens (including phenoxy) is 2. The second kappa shape index (κ2) is 16.8. The van der Waals surface area contributed by atoms with Gasteiger partial charge in [-0.15, -0.1) is 0 Å². The number of urea groups is 1. The Bertz CT molecular complexity index is 1100. The number of carbonyl (C=O) groups excluding carboxylic acids is 3. The first-order valence-electron chi connectivity index (χ1n) is 16.3. The van der Waals surface area contributed by atoms with E-state index in [0.29, 0.717) is 37.2 Å². The minimum Gasteiger partial charge on any atom is -0.450 e. The van der Waals surface area contributed by atoms with Crippen molar-refractivity contribution >= 4 is 37.7 Å². The number of carbonyl (C=O) groups is 3. The van der Waals surface area contributed by atoms with Gasteiger partial charge in [-0.1, -0.05) is 75.5 Å². The molecule has 2 fully saturated rings. The molecule has 1 aliphatic heterocycles. The van der Waals surface area contributed by atoms with Gasteiger partial charge in [0.05, 0.1) is 12.2 Å². The highest BCUT2D eigenvalue weighted by Crippen LogP contribution is 2.39. The fourth-order valence-corrected chi connectivity index (χ4v) is 7.27. The fourth-order valence-electron chi connectivity index (χ4n) is 6.36. The summed E-state index contributed by atoms with van der Waals surface area (Å²) >= 11 is 6.36. The smallest absolute Gasteiger partial charge is 0.409 e. The van der Waals surface area contributed by atoms with Crippen molar-refractivity contribution in [1.82, 2.24) is 20.4 Å². The zero-order valence-corrected chi connectivity index (χ0v) is 29.5. The molecule has 9 nitrogen and oxygen atoms in total. The number of nitrogens with one attached hydrogen (secondary N) is 2. The molecule has 1 aromatic carbocycles. The number of nitrogens with zero attached hydrogens (tertiary/aromatic N) is 2. The summed E-state index contributed by atoms with van der Waals surface area (Å²) in [5, 5.41) is 6.52. The van der Waals surface area contributed by atoms with Gasteiger partial charge in [-0.2, -0.15) is 0 Å². The summed E-state index contributed by atoms with van der Waals surface area (Å²) in [6.45, 7) is 10.6. The quantitative estimate of drug-likeness (QED) is 0.238. The molecule has 2 N–H and O–H groups in total. The third-order valence-corrected chi connectivity index (χ3v) is 11.2. The highest BCUT2D eigenvalue weighted by molar-refractivity contribution is 6.76. The Morgan fingerprint density at radius 1 is 1.14 bits per heavy atom. The molecule has 248 valence electrons. The number of amides is 4. The standard InChI is InChI=1S/C33H55ClN4O5Si/c1-33(43-24-30(39)35-2,26-14-10-16-28(34)21-26)27-15-11-17-38(22-27)31(40)36-29(20-25-12-8-7-9-13-25)23-37(3)32(41)42-18-19-44(4,5)6/h10,14,16,21,25,27,29H,7-9,11-13,15,17-20,22-24H2,1-6H3,(H,35,39)(H,36,40)/t27-,29+,33+/m1/s1. The van der Waals surface area contributed by atoms with Crippen LogP contribution in [0.3, 0.4) is 0 Å². The van der Waals surface area contributed by atoms with Crippen LogP contribution in [0, 0.1) is 11.8 Å². The van der Waals surface area contributed by atoms with Crippen molar-refractivity contribution in [3.05, 3.63) is 34.9 Å². The van der Waals surface area contributed by atoms with Crippen LogP contribution < -0.4 is 10.6 Å². The summed E-state index contributed by atoms with van der Waals surface area (Å²) in [4.78, 5) is 42.3. The number of rotatable bonds is 13. The normalized spacial score (nSPS) is 19.9. The van der Waals surface area contributed by atoms with Crippen LogP contribution in [0.25, 0.3) is 0 Å². The Morgan fingerprint density at radius 3 is 2.52 bits per heavy atom. The summed E-state index contributed by atoms with van der Waals surface area (Å²) in [5.41, 5.74) is 0.0585. The van der Waals surface area contributed by atoms with Crippen LogP contribution in [0.5, 0.6) is 0 Å². The summed E-state index contributed by atoms with van der Waals surface area (Å²) in [7, 11) is 2.03. The van der Waals surface area contributed by atoms with Gasteiger partial charge in [-0.3, -0.25) is 4.79 Å². The molecule has 1 aromatic rings. The van der Waals surface area contributed by atoms with Crippen molar-refractivity contribution in [2.45, 2.75) is 95.6 Å². The molecule has 0 radical (unpaired) electrons. The minimum atomic E-state index is -1.31. The molecule has 1 aliphatic carbocycles. The molecule has 0 spiro atoms. The molecule has 1 saturated heterocycles. The Hall–Kier alpha value is -2.30. The SMILES string of the molecule is CNC(=O)CO[C@@](C)(c1cccc(Cl)c1)[C@@H]1CCCN(C(=O)N[C@@H](CC2CCCCC2)CN(C)C(=O)OCC[Si](C)(C)C)C1. The van der Waals surface area contributed by atoms with E-state index in [1.807, 2.05) is 36.1 Å². The van der Waals surface area contributed by atoms with E-state index in [0.717, 1.165) is 43.7 Å². The van der Waals surface area contributed by atoms with Crippen molar-refractivity contribution < 1.29 is 23.9 Å². The van der Waals surface area contributed by atoms with E-state index in [1.54, 1.807) is 19.0 Å². The molecule has 2 aliphatic rings. The van der Waals surface area contributed by atoms with Crippen molar-refractivity contribution in [1.29, 1.82) is 0 Å². The molecule has 0 bridgehead atoms. The third kappa shape index (κ3) is 11.2. The molecule has 0 aromatic heterocycles. The number of halogens is 1. The molecule has 1 saturated carbocycles. The lowest BCUT2D eigenvalue weighted by atomic mass is 9.78. The lowest BCUT2D eigenvalue weighted by Crippen LogP contribution is -2.54. The first kappa shape index (κ1) is 36.2. The van der Waals surface area contributed by atoms with Gasteiger partial charge >= 0.3 is 12.1 Å². The maximum absolute atomic E-state index is 13.8. The van der Waals surface area contributed by atoms with Crippen LogP contribution in [0.2, 0.25) is 30.7 Å². The molecule has 0 unspecified atom stereocenters. The zero-order chi connectivity index (χ0) is 32.3. The van der Waals surface area contributed by atoms with Gasteiger partial charge in [0.15, 0.2) is 0 Å². The summed E-state index contributed by atoms with van der Waals surface area (Å²) in [5.74, 6) is 0.270. The second-order valence-corrected chi connectivity index (χ2v) is 20.1. The van der Waals surface area contributed by atoms with Crippen LogP contribution >= 0.6 is 11.6 Å². The first-order valence-corrected chi connectivity index (χ1v) is 20.4. The molecule has 3 rings (SSSR count). The zero-order valence-electron chi connectivity index (χ0n) is 27.8. The van der Waals surface area contributed by atoms with E-state index >= 15 is 0 Å². The average molecular weight is 651 g/mol. The second-order valence-electron chi connectivity index (χ2n) is 14.1. The number of piperidine rings is 1. The molecule has 4 amide bonds. The van der Waals surface area contributed by atoms with Crippen molar-refractivity contribution in [2.24, 2.45) is 11.8 Å². The average Bonchev–Trinajstić information content (AvgIpc) is 2.99. The molecule has 1 heterocycles. The summed E-state index contributed by atoms with van der Waals surface area (Å²) in [6, 6.07) is 8.16. The molecular formula is C33H55ClN4O5Si. The number of likely N-dealkylation sites (N-methyl/N-ethyl adjacent to an activating group) is 2. The van der Waals surface area contributed by atoms with Crippen LogP contribution in [-0.4, -0.2) is 88.9 Å². The van der Waals surface area contributed by atoms with E-state index in [2.05, 4.69) is 30.3 Å². The topological polar surface area (TPSA) is 100 Å². The van der Waals surface area contributed by atoms with Crippen molar-refractivity contribution in [3.8, 4) is 0 Å². The van der Waals surface area contributed by atoms with Gasteiger partial charge in [-0.05, 0) is 55.8 Å². The first-order chi connectivity index (χ1) is 20.8. The Morgan fingerprint density at radius 2 is 1.86 bits per heavy atom. The number of hydrogen-bond acceptors (Lipinski definition) is 5. The number of hydrogen-bond donors (Lipinski definition) is 2. The molecule has 3 atom stereocenters. The van der Waals surface area contributed by atoms with Crippen LogP contribution in [-0.2, 0) is 19.9 Å². The predicted octanol–water partition coefficient (Wildman–Crippen LogP) is 6.49. The Kier molecular flexibility index (Phi) is 13.8. The van der Waals surface area contributed by atoms with E-state index in [-0.39, 0.29) is 36.6 Å². The molecular weight excluding hydrogens is 596 g/mol. The van der Waals surface area contributed by atoms with Crippen LogP contribution in [0.4, 0.5) is 9.59 Å². The minimum absolute atomic E-state index is 0.0501. The monoisotopic (exact) mass is 650 g/mol. The summed E-state index contributed by atoms with van der Waals surface area (Å²) < 4.78 is 11.9. The summed E-state index contributed by atoms with van der Waals surface area (Å²) in [6.07, 6.45) is 8.16. The van der Waals surface area contributed by atoms with Crippen LogP contribution in [0.1, 0.15) is 63.9 Å². The van der Waals surface area contributed by atoms with E-state index in [4.69, 9.17) is 21.1 Å². The van der Waals surface area contributed by atoms with Crippen molar-refractivity contribution in [3.63, 3.8) is 0 Å². The van der Waals surface area contributed by atoms with Gasteiger partial charge in [0.25, 0.3) is 0 Å². The van der Waals surface area contributed by atoms with E-state index in [9.17, 15) is 14.4 Å². The highest BCUT2D eigenvalue weighted by atomic mass is 35.5. The van der Waals surface area contributed by atoms with Crippen molar-refractivity contribution in [2.75, 3.05) is 46.9 Å². The Labute approximate surface area is 270 Å². The maximum Gasteiger partial charge on any atom is 0.409 e. The molecule has 11 heteroatoms. The lowest BCUT2D eigenvalue weighted by Gasteiger charge is -2.44. The van der Waals surface area contributed by atoms with Crippen LogP contribution in [0.15, 0.2) is 24.3 Å².